The topological polar surface area (TPSA) is 47.6 Å². The van der Waals surface area contributed by atoms with Gasteiger partial charge in [0.1, 0.15) is 0 Å². The molecule has 2 aromatic carbocycles. The van der Waals surface area contributed by atoms with E-state index in [9.17, 15) is 4.79 Å². The van der Waals surface area contributed by atoms with Gasteiger partial charge in [-0.3, -0.25) is 4.79 Å². The number of likely N-dealkylation sites (N-methyl/N-ethyl adjacent to an activating group) is 1. The number of carbonyl (C=O) groups is 1. The molecule has 0 unspecified atom stereocenters. The van der Waals surface area contributed by atoms with E-state index in [4.69, 9.17) is 12.2 Å². The highest BCUT2D eigenvalue weighted by Crippen LogP contribution is 2.20. The second-order valence-electron chi connectivity index (χ2n) is 6.98. The van der Waals surface area contributed by atoms with Crippen molar-refractivity contribution < 1.29 is 4.79 Å². The average Bonchev–Trinajstić information content (AvgIpc) is 2.71. The fourth-order valence-electron chi connectivity index (χ4n) is 3.24. The summed E-state index contributed by atoms with van der Waals surface area (Å²) >= 11 is 5.55. The fraction of sp³-hybridized carbons (Fsp3) is 0.391. The highest BCUT2D eigenvalue weighted by Gasteiger charge is 2.14. The number of hydrogen-bond donors (Lipinski definition) is 2. The van der Waals surface area contributed by atoms with Crippen LogP contribution >= 0.6 is 12.2 Å². The molecule has 0 saturated heterocycles. The lowest BCUT2D eigenvalue weighted by atomic mass is 10.1. The van der Waals surface area contributed by atoms with E-state index in [2.05, 4.69) is 41.5 Å². The summed E-state index contributed by atoms with van der Waals surface area (Å²) in [5.41, 5.74) is 5.08. The smallest absolute Gasteiger partial charge is 0.243 e. The molecular formula is C23H32N4OS. The Bertz CT molecular complexity index is 811. The first-order chi connectivity index (χ1) is 13.9. The molecule has 2 aromatic rings. The molecular weight excluding hydrogens is 380 g/mol. The molecule has 0 bridgehead atoms. The number of hydrogen-bond acceptors (Lipinski definition) is 3. The molecule has 0 aliphatic rings. The highest BCUT2D eigenvalue weighted by atomic mass is 32.1. The van der Waals surface area contributed by atoms with Crippen LogP contribution < -0.4 is 15.5 Å². The van der Waals surface area contributed by atoms with E-state index in [1.165, 1.54) is 5.69 Å². The van der Waals surface area contributed by atoms with E-state index in [-0.39, 0.29) is 12.5 Å². The van der Waals surface area contributed by atoms with E-state index < -0.39 is 0 Å². The fourth-order valence-corrected chi connectivity index (χ4v) is 3.55. The Morgan fingerprint density at radius 1 is 0.897 bits per heavy atom. The van der Waals surface area contributed by atoms with Gasteiger partial charge in [0.05, 0.1) is 6.54 Å². The normalized spacial score (nSPS) is 10.4. The lowest BCUT2D eigenvalue weighted by Gasteiger charge is -2.25. The molecule has 0 aliphatic heterocycles. The van der Waals surface area contributed by atoms with Gasteiger partial charge in [0.15, 0.2) is 5.11 Å². The first-order valence-electron chi connectivity index (χ1n) is 10.2. The molecule has 0 fully saturated rings. The van der Waals surface area contributed by atoms with Crippen molar-refractivity contribution >= 4 is 40.3 Å². The predicted molar refractivity (Wildman–Crippen MR) is 128 cm³/mol. The number of thiocarbonyl (C=S) groups is 1. The molecule has 2 rings (SSSR count). The summed E-state index contributed by atoms with van der Waals surface area (Å²) in [6, 6.07) is 14.2. The Balaban J connectivity index is 1.98. The van der Waals surface area contributed by atoms with E-state index in [0.29, 0.717) is 11.7 Å². The van der Waals surface area contributed by atoms with Crippen LogP contribution in [0.3, 0.4) is 0 Å². The van der Waals surface area contributed by atoms with Crippen LogP contribution in [0.15, 0.2) is 42.5 Å². The number of aryl methyl sites for hydroxylation is 2. The monoisotopic (exact) mass is 412 g/mol. The number of para-hydroxylation sites is 1. The van der Waals surface area contributed by atoms with E-state index >= 15 is 0 Å². The van der Waals surface area contributed by atoms with Crippen LogP contribution in [0.1, 0.15) is 31.9 Å². The second-order valence-corrected chi connectivity index (χ2v) is 7.37. The summed E-state index contributed by atoms with van der Waals surface area (Å²) in [5, 5.41) is 6.81. The van der Waals surface area contributed by atoms with E-state index in [1.807, 2.05) is 56.0 Å². The molecule has 0 saturated carbocycles. The molecule has 0 radical (unpaired) electrons. The van der Waals surface area contributed by atoms with Crippen molar-refractivity contribution in [2.24, 2.45) is 0 Å². The summed E-state index contributed by atoms with van der Waals surface area (Å²) in [6.07, 6.45) is 0. The van der Waals surface area contributed by atoms with Gasteiger partial charge in [-0.2, -0.15) is 0 Å². The second kappa shape index (κ2) is 10.8. The molecule has 1 amide bonds. The number of nitrogens with zero attached hydrogens (tertiary/aromatic N) is 2. The largest absolute Gasteiger partial charge is 0.372 e. The third-order valence-corrected chi connectivity index (χ3v) is 5.36. The first-order valence-corrected chi connectivity index (χ1v) is 10.6. The molecule has 0 atom stereocenters. The van der Waals surface area contributed by atoms with Crippen LogP contribution in [-0.2, 0) is 4.79 Å². The van der Waals surface area contributed by atoms with Crippen molar-refractivity contribution in [3.63, 3.8) is 0 Å². The zero-order valence-electron chi connectivity index (χ0n) is 18.1. The summed E-state index contributed by atoms with van der Waals surface area (Å²) in [5.74, 6) is -0.0784. The summed E-state index contributed by atoms with van der Waals surface area (Å²) in [4.78, 5) is 16.7. The van der Waals surface area contributed by atoms with Crippen LogP contribution in [0.4, 0.5) is 17.1 Å². The van der Waals surface area contributed by atoms with Gasteiger partial charge in [-0.1, -0.05) is 18.2 Å². The van der Waals surface area contributed by atoms with Crippen molar-refractivity contribution in [3.8, 4) is 0 Å². The lowest BCUT2D eigenvalue weighted by Crippen LogP contribution is -2.40. The Kier molecular flexibility index (Phi) is 8.46. The van der Waals surface area contributed by atoms with Crippen molar-refractivity contribution in [3.05, 3.63) is 53.6 Å². The third-order valence-electron chi connectivity index (χ3n) is 5.00. The van der Waals surface area contributed by atoms with Gasteiger partial charge in [-0.05, 0) is 82.2 Å². The lowest BCUT2D eigenvalue weighted by molar-refractivity contribution is -0.116. The molecule has 6 heteroatoms. The number of rotatable bonds is 8. The number of anilines is 3. The molecule has 29 heavy (non-hydrogen) atoms. The Hall–Kier alpha value is -2.60. The summed E-state index contributed by atoms with van der Waals surface area (Å²) < 4.78 is 0. The van der Waals surface area contributed by atoms with Crippen LogP contribution in [-0.4, -0.2) is 42.1 Å². The maximum Gasteiger partial charge on any atom is 0.243 e. The molecule has 156 valence electrons. The van der Waals surface area contributed by atoms with Crippen molar-refractivity contribution in [2.45, 2.75) is 34.6 Å². The van der Waals surface area contributed by atoms with Gasteiger partial charge in [0, 0.05) is 36.7 Å². The molecule has 2 N–H and O–H groups in total. The van der Waals surface area contributed by atoms with Crippen molar-refractivity contribution in [1.82, 2.24) is 4.90 Å². The van der Waals surface area contributed by atoms with Crippen LogP contribution in [0.5, 0.6) is 0 Å². The zero-order chi connectivity index (χ0) is 21.4. The number of nitrogens with one attached hydrogen (secondary N) is 2. The highest BCUT2D eigenvalue weighted by molar-refractivity contribution is 7.80. The number of amides is 1. The van der Waals surface area contributed by atoms with Gasteiger partial charge in [0.25, 0.3) is 0 Å². The van der Waals surface area contributed by atoms with Gasteiger partial charge < -0.3 is 20.4 Å². The minimum absolute atomic E-state index is 0.0784. The average molecular weight is 413 g/mol. The van der Waals surface area contributed by atoms with Crippen LogP contribution in [0, 0.1) is 13.8 Å². The van der Waals surface area contributed by atoms with Gasteiger partial charge >= 0.3 is 0 Å². The minimum atomic E-state index is -0.0784. The standard InChI is InChI=1S/C23H32N4OS/c1-6-26(7-2)20-14-12-19(13-15-20)24-23(29)27(8-3)16-21(28)25-22-17(4)10-9-11-18(22)5/h9-15H,6-8,16H2,1-5H3,(H,24,29)(H,25,28). The maximum atomic E-state index is 12.6. The summed E-state index contributed by atoms with van der Waals surface area (Å²) in [6.45, 7) is 13.1. The van der Waals surface area contributed by atoms with E-state index in [0.717, 1.165) is 35.6 Å². The van der Waals surface area contributed by atoms with Gasteiger partial charge in [0.2, 0.25) is 5.91 Å². The molecule has 0 heterocycles. The first kappa shape index (κ1) is 22.7. The van der Waals surface area contributed by atoms with Crippen molar-refractivity contribution in [1.29, 1.82) is 0 Å². The number of carbonyl (C=O) groups excluding carboxylic acids is 1. The van der Waals surface area contributed by atoms with Crippen LogP contribution in [0.25, 0.3) is 0 Å². The van der Waals surface area contributed by atoms with Crippen molar-refractivity contribution in [2.75, 3.05) is 41.7 Å². The third kappa shape index (κ3) is 6.19. The van der Waals surface area contributed by atoms with Crippen LogP contribution in [0.2, 0.25) is 0 Å². The van der Waals surface area contributed by atoms with Gasteiger partial charge in [-0.25, -0.2) is 0 Å². The minimum Gasteiger partial charge on any atom is -0.372 e. The molecule has 0 spiro atoms. The molecule has 5 nitrogen and oxygen atoms in total. The Labute approximate surface area is 180 Å². The predicted octanol–water partition coefficient (Wildman–Crippen LogP) is 4.81. The zero-order valence-corrected chi connectivity index (χ0v) is 18.9. The summed E-state index contributed by atoms with van der Waals surface area (Å²) in [7, 11) is 0. The number of benzene rings is 2. The Morgan fingerprint density at radius 2 is 1.48 bits per heavy atom. The SMILES string of the molecule is CCN(CC(=O)Nc1c(C)cccc1C)C(=S)Nc1ccc(N(CC)CC)cc1. The van der Waals surface area contributed by atoms with Gasteiger partial charge in [-0.15, -0.1) is 0 Å². The Morgan fingerprint density at radius 3 is 2.00 bits per heavy atom. The van der Waals surface area contributed by atoms with E-state index in [1.54, 1.807) is 0 Å². The maximum absolute atomic E-state index is 12.6. The molecule has 0 aromatic heterocycles. The molecule has 0 aliphatic carbocycles. The quantitative estimate of drug-likeness (QED) is 0.610.